The number of nitrogens with one attached hydrogen (secondary N) is 1. The van der Waals surface area contributed by atoms with Crippen molar-refractivity contribution < 1.29 is 4.79 Å². The molecule has 6 heteroatoms. The van der Waals surface area contributed by atoms with Crippen LogP contribution in [0.5, 0.6) is 0 Å². The zero-order valence-electron chi connectivity index (χ0n) is 9.53. The number of nitrogens with zero attached hydrogens (tertiary/aromatic N) is 2. The zero-order valence-corrected chi connectivity index (χ0v) is 9.53. The molecule has 0 radical (unpaired) electrons. The third-order valence-corrected chi connectivity index (χ3v) is 2.28. The molecule has 5 N–H and O–H groups in total. The van der Waals surface area contributed by atoms with E-state index in [4.69, 9.17) is 11.5 Å². The summed E-state index contributed by atoms with van der Waals surface area (Å²) in [5.74, 6) is 0.811. The van der Waals surface area contributed by atoms with Gasteiger partial charge in [-0.2, -0.15) is 0 Å². The SMILES string of the molecule is CCN(C)C(=O)CNc1ccc(N)c(N)n1. The Morgan fingerprint density at radius 2 is 2.19 bits per heavy atom. The van der Waals surface area contributed by atoms with Gasteiger partial charge in [-0.3, -0.25) is 4.79 Å². The molecular weight excluding hydrogens is 206 g/mol. The van der Waals surface area contributed by atoms with Gasteiger partial charge < -0.3 is 21.7 Å². The number of pyridine rings is 1. The standard InChI is InChI=1S/C10H17N5O/c1-3-15(2)9(16)6-13-8-5-4-7(11)10(12)14-8/h4-5H,3,6,11H2,1-2H3,(H3,12,13,14). The molecule has 88 valence electrons. The molecule has 0 aliphatic carbocycles. The van der Waals surface area contributed by atoms with E-state index in [2.05, 4.69) is 10.3 Å². The predicted octanol–water partition coefficient (Wildman–Crippen LogP) is 0.136. The van der Waals surface area contributed by atoms with Crippen LogP contribution in [-0.4, -0.2) is 35.9 Å². The van der Waals surface area contributed by atoms with Gasteiger partial charge in [0.15, 0.2) is 0 Å². The first-order valence-electron chi connectivity index (χ1n) is 5.04. The maximum atomic E-state index is 11.5. The van der Waals surface area contributed by atoms with Crippen LogP contribution in [-0.2, 0) is 4.79 Å². The molecule has 1 heterocycles. The second-order valence-electron chi connectivity index (χ2n) is 3.43. The van der Waals surface area contributed by atoms with Gasteiger partial charge in [0.2, 0.25) is 5.91 Å². The monoisotopic (exact) mass is 223 g/mol. The molecule has 6 nitrogen and oxygen atoms in total. The van der Waals surface area contributed by atoms with Gasteiger partial charge >= 0.3 is 0 Å². The quantitative estimate of drug-likeness (QED) is 0.674. The summed E-state index contributed by atoms with van der Waals surface area (Å²) in [6, 6.07) is 3.34. The van der Waals surface area contributed by atoms with Crippen molar-refractivity contribution in [3.63, 3.8) is 0 Å². The number of rotatable bonds is 4. The average Bonchev–Trinajstić information content (AvgIpc) is 2.29. The molecule has 16 heavy (non-hydrogen) atoms. The molecule has 0 aliphatic heterocycles. The van der Waals surface area contributed by atoms with E-state index >= 15 is 0 Å². The Morgan fingerprint density at radius 3 is 2.75 bits per heavy atom. The van der Waals surface area contributed by atoms with Crippen molar-refractivity contribution in [2.75, 3.05) is 36.9 Å². The largest absolute Gasteiger partial charge is 0.396 e. The summed E-state index contributed by atoms with van der Waals surface area (Å²) in [7, 11) is 1.74. The Labute approximate surface area is 94.6 Å². The Balaban J connectivity index is 2.55. The summed E-state index contributed by atoms with van der Waals surface area (Å²) < 4.78 is 0. The van der Waals surface area contributed by atoms with Crippen molar-refractivity contribution >= 4 is 23.2 Å². The van der Waals surface area contributed by atoms with E-state index < -0.39 is 0 Å². The van der Waals surface area contributed by atoms with Crippen molar-refractivity contribution in [3.05, 3.63) is 12.1 Å². The maximum absolute atomic E-state index is 11.5. The fourth-order valence-electron chi connectivity index (χ4n) is 1.06. The van der Waals surface area contributed by atoms with E-state index in [0.29, 0.717) is 18.1 Å². The van der Waals surface area contributed by atoms with Crippen molar-refractivity contribution in [2.24, 2.45) is 0 Å². The van der Waals surface area contributed by atoms with Gasteiger partial charge in [0.05, 0.1) is 12.2 Å². The van der Waals surface area contributed by atoms with Crippen LogP contribution < -0.4 is 16.8 Å². The number of carbonyl (C=O) groups excluding carboxylic acids is 1. The molecule has 0 aliphatic rings. The van der Waals surface area contributed by atoms with E-state index in [1.54, 1.807) is 24.1 Å². The molecule has 0 unspecified atom stereocenters. The van der Waals surface area contributed by atoms with E-state index in [9.17, 15) is 4.79 Å². The smallest absolute Gasteiger partial charge is 0.241 e. The summed E-state index contributed by atoms with van der Waals surface area (Å²) in [6.07, 6.45) is 0. The lowest BCUT2D eigenvalue weighted by molar-refractivity contribution is -0.127. The Hall–Kier alpha value is -1.98. The van der Waals surface area contributed by atoms with Crippen molar-refractivity contribution in [3.8, 4) is 0 Å². The highest BCUT2D eigenvalue weighted by Crippen LogP contribution is 2.14. The molecule has 0 saturated carbocycles. The van der Waals surface area contributed by atoms with Crippen molar-refractivity contribution in [1.29, 1.82) is 0 Å². The minimum absolute atomic E-state index is 0.000281. The number of amides is 1. The normalized spacial score (nSPS) is 9.88. The van der Waals surface area contributed by atoms with Crippen molar-refractivity contribution in [2.45, 2.75) is 6.92 Å². The van der Waals surface area contributed by atoms with Crippen LogP contribution in [0.15, 0.2) is 12.1 Å². The first-order valence-corrected chi connectivity index (χ1v) is 5.04. The first kappa shape index (κ1) is 12.1. The number of carbonyl (C=O) groups is 1. The van der Waals surface area contributed by atoms with Crippen LogP contribution in [0, 0.1) is 0 Å². The minimum Gasteiger partial charge on any atom is -0.396 e. The molecule has 0 atom stereocenters. The van der Waals surface area contributed by atoms with Gasteiger partial charge in [-0.25, -0.2) is 4.98 Å². The Kier molecular flexibility index (Phi) is 3.93. The number of likely N-dealkylation sites (N-methyl/N-ethyl adjacent to an activating group) is 1. The average molecular weight is 223 g/mol. The lowest BCUT2D eigenvalue weighted by Crippen LogP contribution is -2.32. The summed E-state index contributed by atoms with van der Waals surface area (Å²) in [6.45, 7) is 2.79. The molecule has 1 rings (SSSR count). The molecule has 0 aromatic carbocycles. The Morgan fingerprint density at radius 1 is 1.50 bits per heavy atom. The predicted molar refractivity (Wildman–Crippen MR) is 64.9 cm³/mol. The fourth-order valence-corrected chi connectivity index (χ4v) is 1.06. The number of nitrogen functional groups attached to an aromatic ring is 2. The highest BCUT2D eigenvalue weighted by atomic mass is 16.2. The lowest BCUT2D eigenvalue weighted by Gasteiger charge is -2.15. The fraction of sp³-hybridized carbons (Fsp3) is 0.400. The van der Waals surface area contributed by atoms with E-state index in [1.807, 2.05) is 6.92 Å². The van der Waals surface area contributed by atoms with Gasteiger partial charge in [-0.1, -0.05) is 0 Å². The summed E-state index contributed by atoms with van der Waals surface area (Å²) in [5, 5.41) is 2.89. The topological polar surface area (TPSA) is 97.3 Å². The number of hydrogen-bond donors (Lipinski definition) is 3. The second kappa shape index (κ2) is 5.20. The van der Waals surface area contributed by atoms with Crippen LogP contribution in [0.2, 0.25) is 0 Å². The second-order valence-corrected chi connectivity index (χ2v) is 3.43. The van der Waals surface area contributed by atoms with Crippen LogP contribution in [0.25, 0.3) is 0 Å². The van der Waals surface area contributed by atoms with E-state index in [0.717, 1.165) is 0 Å². The molecule has 1 aromatic heterocycles. The van der Waals surface area contributed by atoms with Crippen LogP contribution >= 0.6 is 0 Å². The molecular formula is C10H17N5O. The molecule has 1 aromatic rings. The number of nitrogens with two attached hydrogens (primary N) is 2. The number of anilines is 3. The molecule has 0 spiro atoms. The van der Waals surface area contributed by atoms with Gasteiger partial charge in [-0.15, -0.1) is 0 Å². The van der Waals surface area contributed by atoms with Gasteiger partial charge in [0.1, 0.15) is 11.6 Å². The van der Waals surface area contributed by atoms with Crippen molar-refractivity contribution in [1.82, 2.24) is 9.88 Å². The third-order valence-electron chi connectivity index (χ3n) is 2.28. The lowest BCUT2D eigenvalue weighted by atomic mass is 10.4. The number of aromatic nitrogens is 1. The molecule has 0 saturated heterocycles. The van der Waals surface area contributed by atoms with Crippen LogP contribution in [0.1, 0.15) is 6.92 Å². The zero-order chi connectivity index (χ0) is 12.1. The summed E-state index contributed by atoms with van der Waals surface area (Å²) >= 11 is 0. The highest BCUT2D eigenvalue weighted by Gasteiger charge is 2.06. The van der Waals surface area contributed by atoms with Gasteiger partial charge in [0.25, 0.3) is 0 Å². The summed E-state index contributed by atoms with van der Waals surface area (Å²) in [4.78, 5) is 17.1. The molecule has 0 bridgehead atoms. The highest BCUT2D eigenvalue weighted by molar-refractivity contribution is 5.80. The van der Waals surface area contributed by atoms with E-state index in [1.165, 1.54) is 0 Å². The minimum atomic E-state index is -0.000281. The van der Waals surface area contributed by atoms with E-state index in [-0.39, 0.29) is 18.3 Å². The van der Waals surface area contributed by atoms with Gasteiger partial charge in [-0.05, 0) is 19.1 Å². The summed E-state index contributed by atoms with van der Waals surface area (Å²) in [5.41, 5.74) is 11.5. The maximum Gasteiger partial charge on any atom is 0.241 e. The third kappa shape index (κ3) is 3.01. The van der Waals surface area contributed by atoms with Gasteiger partial charge in [0, 0.05) is 13.6 Å². The van der Waals surface area contributed by atoms with Crippen LogP contribution in [0.4, 0.5) is 17.3 Å². The molecule has 0 fully saturated rings. The molecule has 1 amide bonds. The first-order chi connectivity index (χ1) is 7.54. The van der Waals surface area contributed by atoms with Crippen LogP contribution in [0.3, 0.4) is 0 Å². The Bertz CT molecular complexity index is 379. The number of hydrogen-bond acceptors (Lipinski definition) is 5.